The molecule has 1 atom stereocenters. The van der Waals surface area contributed by atoms with Crippen molar-refractivity contribution in [1.29, 1.82) is 0 Å². The molecule has 27 heavy (non-hydrogen) atoms. The summed E-state index contributed by atoms with van der Waals surface area (Å²) in [4.78, 5) is 12.0. The van der Waals surface area contributed by atoms with E-state index in [1.54, 1.807) is 0 Å². The maximum atomic E-state index is 12.9. The molecule has 1 saturated carbocycles. The summed E-state index contributed by atoms with van der Waals surface area (Å²) < 4.78 is 31.2. The Labute approximate surface area is 155 Å². The number of rotatable bonds is 6. The Bertz CT molecular complexity index is 824. The first kappa shape index (κ1) is 18.1. The average molecular weight is 379 g/mol. The quantitative estimate of drug-likeness (QED) is 0.714. The molecular formula is C18H23F2N5O2. The van der Waals surface area contributed by atoms with Crippen LogP contribution in [0, 0.1) is 12.8 Å². The highest BCUT2D eigenvalue weighted by molar-refractivity contribution is 5.79. The van der Waals surface area contributed by atoms with Gasteiger partial charge in [0.1, 0.15) is 11.5 Å². The molecule has 1 fully saturated rings. The van der Waals surface area contributed by atoms with Crippen LogP contribution in [0.25, 0.3) is 0 Å². The van der Waals surface area contributed by atoms with Crippen molar-refractivity contribution in [3.63, 3.8) is 0 Å². The molecule has 4 rings (SSSR count). The number of hydrogen-bond donors (Lipinski definition) is 3. The molecule has 0 radical (unpaired) electrons. The Morgan fingerprint density at radius 1 is 1.41 bits per heavy atom. The van der Waals surface area contributed by atoms with Gasteiger partial charge in [-0.25, -0.2) is 8.78 Å². The number of aryl methyl sites for hydroxylation is 2. The number of carbonyl (C=O) groups is 1. The minimum absolute atomic E-state index is 0.213. The van der Waals surface area contributed by atoms with E-state index in [9.17, 15) is 13.6 Å². The zero-order valence-corrected chi connectivity index (χ0v) is 15.1. The molecule has 3 N–H and O–H groups in total. The van der Waals surface area contributed by atoms with E-state index < -0.39 is 11.8 Å². The van der Waals surface area contributed by atoms with E-state index in [2.05, 4.69) is 26.0 Å². The van der Waals surface area contributed by atoms with Gasteiger partial charge in [-0.05, 0) is 25.8 Å². The SMILES string of the molecule is Cc1cc(CNC2CCc3onc(CNC(=O)C4CC(F)(F)C4)c3C2)n[nH]1. The molecule has 7 nitrogen and oxygen atoms in total. The molecule has 0 spiro atoms. The molecule has 2 aromatic rings. The highest BCUT2D eigenvalue weighted by Gasteiger charge is 2.48. The summed E-state index contributed by atoms with van der Waals surface area (Å²) in [6, 6.07) is 2.28. The van der Waals surface area contributed by atoms with Crippen molar-refractivity contribution >= 4 is 5.91 Å². The second kappa shape index (κ2) is 7.03. The lowest BCUT2D eigenvalue weighted by atomic mass is 9.81. The van der Waals surface area contributed by atoms with Gasteiger partial charge >= 0.3 is 0 Å². The van der Waals surface area contributed by atoms with Crippen LogP contribution in [0.1, 0.15) is 47.7 Å². The molecule has 0 saturated heterocycles. The van der Waals surface area contributed by atoms with Crippen LogP contribution in [0.3, 0.4) is 0 Å². The Morgan fingerprint density at radius 3 is 2.93 bits per heavy atom. The van der Waals surface area contributed by atoms with E-state index in [0.717, 1.165) is 42.0 Å². The lowest BCUT2D eigenvalue weighted by Gasteiger charge is -2.33. The second-order valence-corrected chi connectivity index (χ2v) is 7.57. The molecule has 146 valence electrons. The zero-order chi connectivity index (χ0) is 19.0. The monoisotopic (exact) mass is 379 g/mol. The molecule has 0 bridgehead atoms. The van der Waals surface area contributed by atoms with Crippen LogP contribution in [0.4, 0.5) is 8.78 Å². The van der Waals surface area contributed by atoms with Gasteiger partial charge in [0.15, 0.2) is 0 Å². The predicted octanol–water partition coefficient (Wildman–Crippen LogP) is 2.01. The molecule has 2 aliphatic rings. The van der Waals surface area contributed by atoms with Crippen LogP contribution in [0.2, 0.25) is 0 Å². The first-order valence-corrected chi connectivity index (χ1v) is 9.26. The third-order valence-electron chi connectivity index (χ3n) is 5.34. The second-order valence-electron chi connectivity index (χ2n) is 7.57. The number of aromatic amines is 1. The van der Waals surface area contributed by atoms with Gasteiger partial charge in [0, 0.05) is 49.0 Å². The molecule has 1 unspecified atom stereocenters. The number of nitrogens with one attached hydrogen (secondary N) is 3. The standard InChI is InChI=1S/C18H23F2N5O2/c1-10-4-13(24-23-10)8-21-12-2-3-16-14(5-12)15(25-27-16)9-22-17(26)11-6-18(19,20)7-11/h4,11-12,21H,2-3,5-9H2,1H3,(H,22,26)(H,23,24). The Balaban J connectivity index is 1.30. The topological polar surface area (TPSA) is 95.8 Å². The summed E-state index contributed by atoms with van der Waals surface area (Å²) in [6.07, 6.45) is 1.74. The van der Waals surface area contributed by atoms with Crippen LogP contribution in [-0.4, -0.2) is 33.2 Å². The summed E-state index contributed by atoms with van der Waals surface area (Å²) in [7, 11) is 0. The smallest absolute Gasteiger partial charge is 0.249 e. The Kier molecular flexibility index (Phi) is 4.71. The predicted molar refractivity (Wildman–Crippen MR) is 92.0 cm³/mol. The van der Waals surface area contributed by atoms with E-state index in [-0.39, 0.29) is 31.3 Å². The molecule has 2 aromatic heterocycles. The van der Waals surface area contributed by atoms with Crippen LogP contribution >= 0.6 is 0 Å². The number of aromatic nitrogens is 3. The van der Waals surface area contributed by atoms with Gasteiger partial charge in [0.2, 0.25) is 11.8 Å². The third-order valence-corrected chi connectivity index (χ3v) is 5.34. The van der Waals surface area contributed by atoms with Crippen molar-refractivity contribution in [3.8, 4) is 0 Å². The summed E-state index contributed by atoms with van der Waals surface area (Å²) in [5.74, 6) is -2.78. The van der Waals surface area contributed by atoms with E-state index in [1.165, 1.54) is 0 Å². The first-order chi connectivity index (χ1) is 12.9. The van der Waals surface area contributed by atoms with Crippen LogP contribution in [0.5, 0.6) is 0 Å². The fourth-order valence-electron chi connectivity index (χ4n) is 3.75. The molecule has 0 aliphatic heterocycles. The summed E-state index contributed by atoms with van der Waals surface area (Å²) in [6.45, 7) is 2.86. The van der Waals surface area contributed by atoms with Gasteiger partial charge in [0.05, 0.1) is 12.2 Å². The maximum Gasteiger partial charge on any atom is 0.249 e. The number of alkyl halides is 2. The molecule has 9 heteroatoms. The number of fused-ring (bicyclic) bond motifs is 1. The number of halogens is 2. The van der Waals surface area contributed by atoms with Gasteiger partial charge in [0.25, 0.3) is 0 Å². The highest BCUT2D eigenvalue weighted by Crippen LogP contribution is 2.42. The lowest BCUT2D eigenvalue weighted by molar-refractivity contribution is -0.150. The van der Waals surface area contributed by atoms with Crippen LogP contribution in [0.15, 0.2) is 10.6 Å². The summed E-state index contributed by atoms with van der Waals surface area (Å²) in [5.41, 5.74) is 3.69. The number of amides is 1. The molecule has 0 aromatic carbocycles. The Hall–Kier alpha value is -2.29. The average Bonchev–Trinajstić information content (AvgIpc) is 3.21. The van der Waals surface area contributed by atoms with Gasteiger partial charge in [-0.15, -0.1) is 0 Å². The third kappa shape index (κ3) is 4.02. The minimum Gasteiger partial charge on any atom is -0.361 e. The van der Waals surface area contributed by atoms with Crippen molar-refractivity contribution < 1.29 is 18.1 Å². The Morgan fingerprint density at radius 2 is 2.22 bits per heavy atom. The molecular weight excluding hydrogens is 356 g/mol. The van der Waals surface area contributed by atoms with Crippen molar-refractivity contribution in [2.45, 2.75) is 64.1 Å². The summed E-state index contributed by atoms with van der Waals surface area (Å²) >= 11 is 0. The van der Waals surface area contributed by atoms with Gasteiger partial charge in [-0.2, -0.15) is 5.10 Å². The van der Waals surface area contributed by atoms with E-state index in [4.69, 9.17) is 4.52 Å². The number of carbonyl (C=O) groups excluding carboxylic acids is 1. The number of H-pyrrole nitrogens is 1. The minimum atomic E-state index is -2.69. The molecule has 2 heterocycles. The molecule has 2 aliphatic carbocycles. The summed E-state index contributed by atoms with van der Waals surface area (Å²) in [5, 5.41) is 17.4. The largest absolute Gasteiger partial charge is 0.361 e. The first-order valence-electron chi connectivity index (χ1n) is 9.26. The maximum absolute atomic E-state index is 12.9. The fraction of sp³-hybridized carbons (Fsp3) is 0.611. The normalized spacial score (nSPS) is 21.5. The highest BCUT2D eigenvalue weighted by atomic mass is 19.3. The van der Waals surface area contributed by atoms with E-state index in [0.29, 0.717) is 12.2 Å². The molecule has 1 amide bonds. The lowest BCUT2D eigenvalue weighted by Crippen LogP contribution is -2.44. The van der Waals surface area contributed by atoms with Gasteiger partial charge < -0.3 is 15.2 Å². The number of nitrogens with zero attached hydrogens (tertiary/aromatic N) is 2. The number of hydrogen-bond acceptors (Lipinski definition) is 5. The zero-order valence-electron chi connectivity index (χ0n) is 15.1. The van der Waals surface area contributed by atoms with E-state index >= 15 is 0 Å². The van der Waals surface area contributed by atoms with Gasteiger partial charge in [-0.1, -0.05) is 5.16 Å². The van der Waals surface area contributed by atoms with Gasteiger partial charge in [-0.3, -0.25) is 9.89 Å². The van der Waals surface area contributed by atoms with Crippen LogP contribution in [-0.2, 0) is 30.7 Å². The van der Waals surface area contributed by atoms with E-state index in [1.807, 2.05) is 13.0 Å². The van der Waals surface area contributed by atoms with Crippen molar-refractivity contribution in [2.24, 2.45) is 5.92 Å². The van der Waals surface area contributed by atoms with Crippen molar-refractivity contribution in [2.75, 3.05) is 0 Å². The van der Waals surface area contributed by atoms with Crippen molar-refractivity contribution in [3.05, 3.63) is 34.5 Å². The fourth-order valence-corrected chi connectivity index (χ4v) is 3.75. The van der Waals surface area contributed by atoms with Crippen LogP contribution < -0.4 is 10.6 Å². The van der Waals surface area contributed by atoms with Crippen molar-refractivity contribution in [1.82, 2.24) is 26.0 Å².